The number of rotatable bonds is 4. The van der Waals surface area contributed by atoms with Crippen molar-refractivity contribution in [2.24, 2.45) is 7.05 Å². The standard InChI is InChI=1S/C12H17N5/c1-3-10-11(8-16(2)15-10)17-7-6-13-12(17)14-9-4-5-9/h6-9H,3-5H2,1-2H3,(H,13,14). The lowest BCUT2D eigenvalue weighted by Crippen LogP contribution is -2.08. The summed E-state index contributed by atoms with van der Waals surface area (Å²) >= 11 is 0. The fourth-order valence-corrected chi connectivity index (χ4v) is 1.99. The molecule has 1 fully saturated rings. The summed E-state index contributed by atoms with van der Waals surface area (Å²) < 4.78 is 3.94. The smallest absolute Gasteiger partial charge is 0.207 e. The van der Waals surface area contributed by atoms with Crippen LogP contribution in [0.3, 0.4) is 0 Å². The Bertz CT molecular complexity index is 521. The molecule has 0 aliphatic heterocycles. The Labute approximate surface area is 100 Å². The summed E-state index contributed by atoms with van der Waals surface area (Å²) in [6.45, 7) is 2.12. The number of hydrogen-bond acceptors (Lipinski definition) is 3. The fraction of sp³-hybridized carbons (Fsp3) is 0.500. The van der Waals surface area contributed by atoms with Crippen molar-refractivity contribution < 1.29 is 0 Å². The molecule has 0 amide bonds. The topological polar surface area (TPSA) is 47.7 Å². The lowest BCUT2D eigenvalue weighted by Gasteiger charge is -2.08. The van der Waals surface area contributed by atoms with Gasteiger partial charge in [-0.1, -0.05) is 6.92 Å². The zero-order valence-corrected chi connectivity index (χ0v) is 10.2. The summed E-state index contributed by atoms with van der Waals surface area (Å²) in [4.78, 5) is 4.37. The normalized spacial score (nSPS) is 15.2. The molecular formula is C12H17N5. The van der Waals surface area contributed by atoms with Crippen molar-refractivity contribution >= 4 is 5.95 Å². The Morgan fingerprint density at radius 2 is 2.29 bits per heavy atom. The number of imidazole rings is 1. The van der Waals surface area contributed by atoms with Gasteiger partial charge in [-0.25, -0.2) is 4.98 Å². The highest BCUT2D eigenvalue weighted by molar-refractivity contribution is 5.44. The van der Waals surface area contributed by atoms with Crippen molar-refractivity contribution in [2.45, 2.75) is 32.2 Å². The predicted octanol–water partition coefficient (Wildman–Crippen LogP) is 1.74. The largest absolute Gasteiger partial charge is 0.353 e. The Morgan fingerprint density at radius 3 is 3.00 bits per heavy atom. The lowest BCUT2D eigenvalue weighted by atomic mass is 10.3. The lowest BCUT2D eigenvalue weighted by molar-refractivity contribution is 0.746. The molecule has 17 heavy (non-hydrogen) atoms. The Morgan fingerprint density at radius 1 is 1.47 bits per heavy atom. The zero-order chi connectivity index (χ0) is 11.8. The van der Waals surface area contributed by atoms with E-state index in [0.29, 0.717) is 6.04 Å². The van der Waals surface area contributed by atoms with E-state index in [1.165, 1.54) is 12.8 Å². The average Bonchev–Trinajstić information content (AvgIpc) is 2.87. The fourth-order valence-electron chi connectivity index (χ4n) is 1.99. The van der Waals surface area contributed by atoms with Gasteiger partial charge >= 0.3 is 0 Å². The van der Waals surface area contributed by atoms with Crippen LogP contribution in [-0.2, 0) is 13.5 Å². The molecule has 1 aliphatic rings. The number of nitrogens with one attached hydrogen (secondary N) is 1. The van der Waals surface area contributed by atoms with E-state index >= 15 is 0 Å². The number of aromatic nitrogens is 4. The van der Waals surface area contributed by atoms with Gasteiger partial charge in [0.05, 0.1) is 11.4 Å². The third kappa shape index (κ3) is 1.92. The minimum atomic E-state index is 0.609. The number of nitrogens with zero attached hydrogens (tertiary/aromatic N) is 4. The van der Waals surface area contributed by atoms with Crippen LogP contribution in [0.5, 0.6) is 0 Å². The third-order valence-corrected chi connectivity index (χ3v) is 3.03. The van der Waals surface area contributed by atoms with Gasteiger partial charge in [0.2, 0.25) is 5.95 Å². The van der Waals surface area contributed by atoms with Gasteiger partial charge in [-0.05, 0) is 19.3 Å². The van der Waals surface area contributed by atoms with E-state index in [4.69, 9.17) is 0 Å². The Hall–Kier alpha value is -1.78. The second-order valence-electron chi connectivity index (χ2n) is 4.53. The molecule has 0 bridgehead atoms. The number of anilines is 1. The van der Waals surface area contributed by atoms with Gasteiger partial charge in [0, 0.05) is 31.7 Å². The predicted molar refractivity (Wildman–Crippen MR) is 66.4 cm³/mol. The van der Waals surface area contributed by atoms with Crippen LogP contribution < -0.4 is 5.32 Å². The van der Waals surface area contributed by atoms with E-state index in [9.17, 15) is 0 Å². The minimum Gasteiger partial charge on any atom is -0.353 e. The first kappa shape index (κ1) is 10.4. The zero-order valence-electron chi connectivity index (χ0n) is 10.2. The van der Waals surface area contributed by atoms with Gasteiger partial charge in [0.1, 0.15) is 0 Å². The van der Waals surface area contributed by atoms with Gasteiger partial charge in [0.25, 0.3) is 0 Å². The molecule has 2 aromatic rings. The number of hydrogen-bond donors (Lipinski definition) is 1. The van der Waals surface area contributed by atoms with E-state index < -0.39 is 0 Å². The van der Waals surface area contributed by atoms with Crippen molar-refractivity contribution in [2.75, 3.05) is 5.32 Å². The molecule has 3 rings (SSSR count). The molecule has 0 saturated heterocycles. The second kappa shape index (κ2) is 3.91. The van der Waals surface area contributed by atoms with Gasteiger partial charge in [-0.3, -0.25) is 9.25 Å². The van der Waals surface area contributed by atoms with E-state index in [2.05, 4.69) is 26.9 Å². The molecule has 2 heterocycles. The van der Waals surface area contributed by atoms with Gasteiger partial charge in [-0.15, -0.1) is 0 Å². The van der Waals surface area contributed by atoms with Crippen molar-refractivity contribution in [3.63, 3.8) is 0 Å². The second-order valence-corrected chi connectivity index (χ2v) is 4.53. The van der Waals surface area contributed by atoms with Crippen molar-refractivity contribution in [3.05, 3.63) is 24.3 Å². The molecule has 1 saturated carbocycles. The molecule has 5 heteroatoms. The van der Waals surface area contributed by atoms with Crippen molar-refractivity contribution in [1.29, 1.82) is 0 Å². The van der Waals surface area contributed by atoms with Crippen LogP contribution in [-0.4, -0.2) is 25.4 Å². The highest BCUT2D eigenvalue weighted by Crippen LogP contribution is 2.26. The van der Waals surface area contributed by atoms with Crippen LogP contribution in [0, 0.1) is 0 Å². The Kier molecular flexibility index (Phi) is 2.39. The first-order valence-electron chi connectivity index (χ1n) is 6.10. The minimum absolute atomic E-state index is 0.609. The van der Waals surface area contributed by atoms with Crippen LogP contribution in [0.2, 0.25) is 0 Å². The third-order valence-electron chi connectivity index (χ3n) is 3.03. The summed E-state index contributed by atoms with van der Waals surface area (Å²) in [6, 6.07) is 0.609. The first-order chi connectivity index (χ1) is 8.28. The molecule has 0 radical (unpaired) electrons. The molecule has 5 nitrogen and oxygen atoms in total. The SMILES string of the molecule is CCc1nn(C)cc1-n1ccnc1NC1CC1. The average molecular weight is 231 g/mol. The summed E-state index contributed by atoms with van der Waals surface area (Å²) in [5.74, 6) is 0.926. The maximum atomic E-state index is 4.46. The monoisotopic (exact) mass is 231 g/mol. The van der Waals surface area contributed by atoms with Gasteiger partial charge < -0.3 is 5.32 Å². The van der Waals surface area contributed by atoms with Gasteiger partial charge in [-0.2, -0.15) is 5.10 Å². The molecule has 0 atom stereocenters. The van der Waals surface area contributed by atoms with Crippen LogP contribution >= 0.6 is 0 Å². The van der Waals surface area contributed by atoms with Crippen LogP contribution in [0.4, 0.5) is 5.95 Å². The maximum absolute atomic E-state index is 4.46. The van der Waals surface area contributed by atoms with E-state index in [1.807, 2.05) is 30.3 Å². The van der Waals surface area contributed by atoms with E-state index in [1.54, 1.807) is 0 Å². The van der Waals surface area contributed by atoms with Crippen LogP contribution in [0.15, 0.2) is 18.6 Å². The summed E-state index contributed by atoms with van der Waals surface area (Å²) in [7, 11) is 1.95. The van der Waals surface area contributed by atoms with Crippen molar-refractivity contribution in [3.8, 4) is 5.69 Å². The molecular weight excluding hydrogens is 214 g/mol. The highest BCUT2D eigenvalue weighted by Gasteiger charge is 2.23. The highest BCUT2D eigenvalue weighted by atomic mass is 15.3. The quantitative estimate of drug-likeness (QED) is 0.872. The molecule has 1 N–H and O–H groups in total. The van der Waals surface area contributed by atoms with Gasteiger partial charge in [0.15, 0.2) is 0 Å². The van der Waals surface area contributed by atoms with Crippen LogP contribution in [0.1, 0.15) is 25.5 Å². The van der Waals surface area contributed by atoms with E-state index in [0.717, 1.165) is 23.8 Å². The molecule has 0 spiro atoms. The molecule has 1 aliphatic carbocycles. The molecule has 0 aromatic carbocycles. The summed E-state index contributed by atoms with van der Waals surface area (Å²) in [5, 5.41) is 7.90. The molecule has 0 unspecified atom stereocenters. The van der Waals surface area contributed by atoms with E-state index in [-0.39, 0.29) is 0 Å². The first-order valence-corrected chi connectivity index (χ1v) is 6.10. The van der Waals surface area contributed by atoms with Crippen molar-refractivity contribution in [1.82, 2.24) is 19.3 Å². The molecule has 90 valence electrons. The molecule has 2 aromatic heterocycles. The summed E-state index contributed by atoms with van der Waals surface area (Å²) in [5.41, 5.74) is 2.22. The maximum Gasteiger partial charge on any atom is 0.207 e. The Balaban J connectivity index is 1.98. The van der Waals surface area contributed by atoms with Crippen LogP contribution in [0.25, 0.3) is 5.69 Å². The summed E-state index contributed by atoms with van der Waals surface area (Å²) in [6.07, 6.45) is 9.29. The number of aryl methyl sites for hydroxylation is 2.